The number of rotatable bonds is 5. The second kappa shape index (κ2) is 7.93. The van der Waals surface area contributed by atoms with Crippen molar-refractivity contribution in [3.05, 3.63) is 65.7 Å². The Balaban J connectivity index is 0.00000220. The van der Waals surface area contributed by atoms with Crippen LogP contribution in [0.25, 0.3) is 0 Å². The fourth-order valence-corrected chi connectivity index (χ4v) is 2.13. The third-order valence-corrected chi connectivity index (χ3v) is 3.51. The van der Waals surface area contributed by atoms with E-state index in [9.17, 15) is 18.1 Å². The molecule has 0 radical (unpaired) electrons. The fourth-order valence-electron chi connectivity index (χ4n) is 1.64. The van der Waals surface area contributed by atoms with E-state index in [2.05, 4.69) is 0 Å². The van der Waals surface area contributed by atoms with Gasteiger partial charge in [0.15, 0.2) is 5.44 Å². The van der Waals surface area contributed by atoms with Crippen molar-refractivity contribution in [2.24, 2.45) is 0 Å². The molecule has 2 aromatic carbocycles. The Labute approximate surface area is 145 Å². The Morgan fingerprint density at radius 2 is 1.62 bits per heavy atom. The summed E-state index contributed by atoms with van der Waals surface area (Å²) in [6.07, 6.45) is 0. The molecule has 0 aromatic heterocycles. The molecule has 0 saturated carbocycles. The number of hydrogen-bond donors (Lipinski definition) is 1. The van der Waals surface area contributed by atoms with E-state index >= 15 is 0 Å². The molecular formula is C14H13NaO5S. The Bertz CT molecular complexity index is 656. The van der Waals surface area contributed by atoms with Crippen LogP contribution < -0.4 is 34.3 Å². The molecule has 0 amide bonds. The molecule has 0 fully saturated rings. The van der Waals surface area contributed by atoms with Crippen LogP contribution in [0.2, 0.25) is 0 Å². The summed E-state index contributed by atoms with van der Waals surface area (Å²) in [6.45, 7) is 0.378. The van der Waals surface area contributed by atoms with Gasteiger partial charge in [0, 0.05) is 0 Å². The number of aliphatic hydroxyl groups is 1. The summed E-state index contributed by atoms with van der Waals surface area (Å²) >= 11 is 0. The maximum absolute atomic E-state index is 10.7. The van der Waals surface area contributed by atoms with E-state index in [1.807, 2.05) is 30.3 Å². The van der Waals surface area contributed by atoms with Gasteiger partial charge in [0.1, 0.15) is 22.5 Å². The van der Waals surface area contributed by atoms with Gasteiger partial charge in [-0.25, -0.2) is 8.42 Å². The average Bonchev–Trinajstić information content (AvgIpc) is 2.45. The first-order valence-corrected chi connectivity index (χ1v) is 7.33. The molecule has 5 nitrogen and oxygen atoms in total. The molecule has 7 heteroatoms. The maximum Gasteiger partial charge on any atom is 1.00 e. The summed E-state index contributed by atoms with van der Waals surface area (Å²) in [7, 11) is -4.76. The second-order valence-electron chi connectivity index (χ2n) is 4.19. The molecule has 0 aliphatic rings. The number of ether oxygens (including phenoxy) is 1. The summed E-state index contributed by atoms with van der Waals surface area (Å²) in [5.41, 5.74) is -1.03. The smallest absolute Gasteiger partial charge is 0.746 e. The van der Waals surface area contributed by atoms with Gasteiger partial charge in [0.05, 0.1) is 0 Å². The normalized spacial score (nSPS) is 12.3. The van der Waals surface area contributed by atoms with Crippen LogP contribution >= 0.6 is 0 Å². The van der Waals surface area contributed by atoms with Crippen LogP contribution in [0.15, 0.2) is 54.6 Å². The fraction of sp³-hybridized carbons (Fsp3) is 0.143. The molecule has 2 aromatic rings. The monoisotopic (exact) mass is 316 g/mol. The van der Waals surface area contributed by atoms with Gasteiger partial charge in [-0.1, -0.05) is 42.5 Å². The van der Waals surface area contributed by atoms with Crippen molar-refractivity contribution in [3.63, 3.8) is 0 Å². The average molecular weight is 316 g/mol. The molecule has 0 aliphatic carbocycles. The van der Waals surface area contributed by atoms with E-state index in [0.29, 0.717) is 12.4 Å². The molecule has 21 heavy (non-hydrogen) atoms. The van der Waals surface area contributed by atoms with Gasteiger partial charge >= 0.3 is 29.6 Å². The van der Waals surface area contributed by atoms with Crippen molar-refractivity contribution in [2.75, 3.05) is 0 Å². The van der Waals surface area contributed by atoms with Crippen LogP contribution in [0.5, 0.6) is 5.75 Å². The Hall–Kier alpha value is -0.890. The summed E-state index contributed by atoms with van der Waals surface area (Å²) in [6, 6.07) is 15.3. The molecule has 1 unspecified atom stereocenters. The quantitative estimate of drug-likeness (QED) is 0.553. The van der Waals surface area contributed by atoms with Crippen molar-refractivity contribution < 1.29 is 52.4 Å². The minimum atomic E-state index is -4.76. The van der Waals surface area contributed by atoms with E-state index in [-0.39, 0.29) is 35.1 Å². The molecule has 1 atom stereocenters. The minimum absolute atomic E-state index is 0. The molecule has 0 saturated heterocycles. The van der Waals surface area contributed by atoms with Gasteiger partial charge in [-0.3, -0.25) is 0 Å². The minimum Gasteiger partial charge on any atom is -0.746 e. The van der Waals surface area contributed by atoms with E-state index in [1.165, 1.54) is 24.3 Å². The van der Waals surface area contributed by atoms with Crippen molar-refractivity contribution >= 4 is 10.1 Å². The summed E-state index contributed by atoms with van der Waals surface area (Å²) in [5.74, 6) is 0.521. The molecule has 0 bridgehead atoms. The topological polar surface area (TPSA) is 86.7 Å². The predicted molar refractivity (Wildman–Crippen MR) is 71.9 cm³/mol. The van der Waals surface area contributed by atoms with Crippen LogP contribution in [-0.4, -0.2) is 18.1 Å². The zero-order valence-electron chi connectivity index (χ0n) is 11.5. The molecule has 0 heterocycles. The van der Waals surface area contributed by atoms with E-state index in [0.717, 1.165) is 5.56 Å². The van der Waals surface area contributed by atoms with Crippen LogP contribution in [-0.2, 0) is 16.7 Å². The first-order valence-electron chi connectivity index (χ1n) is 5.86. The molecule has 106 valence electrons. The molecule has 1 N–H and O–H groups in total. The zero-order chi connectivity index (χ0) is 14.6. The molecule has 0 aliphatic heterocycles. The number of aliphatic hydroxyl groups excluding tert-OH is 1. The predicted octanol–water partition coefficient (Wildman–Crippen LogP) is -1.19. The summed E-state index contributed by atoms with van der Waals surface area (Å²) < 4.78 is 37.6. The van der Waals surface area contributed by atoms with Gasteiger partial charge in [-0.15, -0.1) is 0 Å². The molecule has 2 rings (SSSR count). The number of benzene rings is 2. The third-order valence-electron chi connectivity index (χ3n) is 2.69. The van der Waals surface area contributed by atoms with Gasteiger partial charge in [0.25, 0.3) is 0 Å². The van der Waals surface area contributed by atoms with Crippen LogP contribution in [0.4, 0.5) is 0 Å². The van der Waals surface area contributed by atoms with Crippen LogP contribution in [0.1, 0.15) is 16.6 Å². The van der Waals surface area contributed by atoms with E-state index in [4.69, 9.17) is 4.74 Å². The first-order chi connectivity index (χ1) is 9.47. The maximum atomic E-state index is 10.7. The van der Waals surface area contributed by atoms with Crippen molar-refractivity contribution in [2.45, 2.75) is 12.0 Å². The zero-order valence-corrected chi connectivity index (χ0v) is 14.3. The molecular weight excluding hydrogens is 303 g/mol. The SMILES string of the molecule is O=S(=O)([O-])C(O)c1ccc(OCc2ccccc2)cc1.[Na+]. The van der Waals surface area contributed by atoms with Gasteiger partial charge in [-0.2, -0.15) is 0 Å². The standard InChI is InChI=1S/C14H14O5S.Na/c15-14(20(16,17)18)12-6-8-13(9-7-12)19-10-11-4-2-1-3-5-11;/h1-9,14-15H,10H2,(H,16,17,18);/q;+1/p-1. The van der Waals surface area contributed by atoms with Crippen LogP contribution in [0.3, 0.4) is 0 Å². The Morgan fingerprint density at radius 1 is 1.05 bits per heavy atom. The van der Waals surface area contributed by atoms with Gasteiger partial charge < -0.3 is 14.4 Å². The van der Waals surface area contributed by atoms with Crippen molar-refractivity contribution in [3.8, 4) is 5.75 Å². The summed E-state index contributed by atoms with van der Waals surface area (Å²) in [4.78, 5) is 0. The van der Waals surface area contributed by atoms with E-state index < -0.39 is 15.6 Å². The van der Waals surface area contributed by atoms with Gasteiger partial charge in [0.2, 0.25) is 0 Å². The van der Waals surface area contributed by atoms with Crippen molar-refractivity contribution in [1.82, 2.24) is 0 Å². The Kier molecular flexibility index (Phi) is 6.86. The third kappa shape index (κ3) is 5.43. The summed E-state index contributed by atoms with van der Waals surface area (Å²) in [5, 5.41) is 9.31. The largest absolute Gasteiger partial charge is 1.00 e. The van der Waals surface area contributed by atoms with Crippen LogP contribution in [0, 0.1) is 0 Å². The van der Waals surface area contributed by atoms with Crippen molar-refractivity contribution in [1.29, 1.82) is 0 Å². The van der Waals surface area contributed by atoms with Gasteiger partial charge in [-0.05, 0) is 23.3 Å². The molecule has 0 spiro atoms. The Morgan fingerprint density at radius 3 is 2.14 bits per heavy atom. The second-order valence-corrected chi connectivity index (χ2v) is 5.62. The van der Waals surface area contributed by atoms with E-state index in [1.54, 1.807) is 0 Å². The first kappa shape index (κ1) is 18.2. The number of hydrogen-bond acceptors (Lipinski definition) is 5.